The summed E-state index contributed by atoms with van der Waals surface area (Å²) >= 11 is 0. The summed E-state index contributed by atoms with van der Waals surface area (Å²) in [5.74, 6) is -0.420. The molecule has 0 aromatic heterocycles. The number of benzene rings is 1. The molecular formula is C12H16N2O5S. The van der Waals surface area contributed by atoms with Gasteiger partial charge in [0.15, 0.2) is 5.78 Å². The van der Waals surface area contributed by atoms with E-state index < -0.39 is 31.3 Å². The molecule has 0 radical (unpaired) electrons. The summed E-state index contributed by atoms with van der Waals surface area (Å²) in [6, 6.07) is 3.03. The smallest absolute Gasteiger partial charge is 0.270 e. The predicted octanol–water partition coefficient (Wildman–Crippen LogP) is 1.86. The molecule has 2 N–H and O–H groups in total. The molecule has 0 fully saturated rings. The number of ketones is 1. The zero-order valence-electron chi connectivity index (χ0n) is 11.4. The highest BCUT2D eigenvalue weighted by molar-refractivity contribution is 7.89. The van der Waals surface area contributed by atoms with E-state index in [0.29, 0.717) is 0 Å². The van der Waals surface area contributed by atoms with Gasteiger partial charge in [-0.05, 0) is 11.5 Å². The fourth-order valence-corrected chi connectivity index (χ4v) is 2.44. The lowest BCUT2D eigenvalue weighted by Gasteiger charge is -2.17. The first-order chi connectivity index (χ1) is 8.92. The number of non-ortho nitro benzene ring substituents is 1. The summed E-state index contributed by atoms with van der Waals surface area (Å²) in [4.78, 5) is 21.5. The lowest BCUT2D eigenvalue weighted by molar-refractivity contribution is -0.385. The zero-order valence-corrected chi connectivity index (χ0v) is 12.2. The molecular weight excluding hydrogens is 284 g/mol. The number of carbonyl (C=O) groups excluding carboxylic acids is 1. The van der Waals surface area contributed by atoms with Gasteiger partial charge in [0.1, 0.15) is 0 Å². The highest BCUT2D eigenvalue weighted by Crippen LogP contribution is 2.27. The Kier molecular flexibility index (Phi) is 4.30. The molecule has 0 aliphatic heterocycles. The van der Waals surface area contributed by atoms with Gasteiger partial charge in [-0.2, -0.15) is 0 Å². The number of hydrogen-bond donors (Lipinski definition) is 1. The summed E-state index contributed by atoms with van der Waals surface area (Å²) in [7, 11) is -4.22. The maximum atomic E-state index is 12.1. The van der Waals surface area contributed by atoms with Gasteiger partial charge in [0, 0.05) is 24.1 Å². The Morgan fingerprint density at radius 2 is 1.90 bits per heavy atom. The number of Topliss-reactive ketones (excluding diaryl/α,β-unsaturated/α-hetero) is 1. The van der Waals surface area contributed by atoms with E-state index in [4.69, 9.17) is 5.14 Å². The van der Waals surface area contributed by atoms with Crippen molar-refractivity contribution in [1.29, 1.82) is 0 Å². The number of carbonyl (C=O) groups is 1. The molecule has 0 aliphatic rings. The molecule has 0 bridgehead atoms. The van der Waals surface area contributed by atoms with E-state index in [1.165, 1.54) is 0 Å². The van der Waals surface area contributed by atoms with Crippen LogP contribution in [0.5, 0.6) is 0 Å². The molecule has 0 saturated heterocycles. The van der Waals surface area contributed by atoms with Crippen LogP contribution in [-0.4, -0.2) is 19.1 Å². The molecule has 7 nitrogen and oxygen atoms in total. The van der Waals surface area contributed by atoms with Gasteiger partial charge in [0.2, 0.25) is 10.0 Å². The number of hydrogen-bond acceptors (Lipinski definition) is 5. The second-order valence-electron chi connectivity index (χ2n) is 5.64. The van der Waals surface area contributed by atoms with E-state index in [2.05, 4.69) is 0 Å². The molecule has 1 aromatic rings. The minimum absolute atomic E-state index is 0.104. The van der Waals surface area contributed by atoms with Crippen molar-refractivity contribution in [3.8, 4) is 0 Å². The molecule has 20 heavy (non-hydrogen) atoms. The van der Waals surface area contributed by atoms with Crippen molar-refractivity contribution in [3.63, 3.8) is 0 Å². The normalized spacial score (nSPS) is 12.2. The van der Waals surface area contributed by atoms with Crippen LogP contribution >= 0.6 is 0 Å². The molecule has 0 unspecified atom stereocenters. The highest BCUT2D eigenvalue weighted by atomic mass is 32.2. The van der Waals surface area contributed by atoms with Crippen molar-refractivity contribution in [3.05, 3.63) is 33.9 Å². The third-order valence-electron chi connectivity index (χ3n) is 2.47. The minimum Gasteiger partial charge on any atom is -0.294 e. The first kappa shape index (κ1) is 16.3. The van der Waals surface area contributed by atoms with Crippen LogP contribution in [0.3, 0.4) is 0 Å². The first-order valence-corrected chi connectivity index (χ1v) is 7.31. The summed E-state index contributed by atoms with van der Waals surface area (Å²) in [6.45, 7) is 5.48. The maximum absolute atomic E-state index is 12.1. The molecule has 0 aliphatic carbocycles. The van der Waals surface area contributed by atoms with Gasteiger partial charge in [-0.15, -0.1) is 0 Å². The molecule has 8 heteroatoms. The Morgan fingerprint density at radius 1 is 1.35 bits per heavy atom. The number of nitro benzene ring substituents is 1. The minimum atomic E-state index is -4.22. The van der Waals surface area contributed by atoms with Crippen LogP contribution in [0, 0.1) is 15.5 Å². The van der Waals surface area contributed by atoms with E-state index in [-0.39, 0.29) is 17.4 Å². The fraction of sp³-hybridized carbons (Fsp3) is 0.417. The number of nitrogens with two attached hydrogens (primary N) is 1. The van der Waals surface area contributed by atoms with Gasteiger partial charge < -0.3 is 0 Å². The van der Waals surface area contributed by atoms with Crippen molar-refractivity contribution in [2.24, 2.45) is 10.6 Å². The Hall–Kier alpha value is -1.80. The van der Waals surface area contributed by atoms with Crippen LogP contribution in [0.1, 0.15) is 37.6 Å². The SMILES string of the molecule is CC(C)(C)CC(=O)c1ccc([N+](=O)[O-])cc1S(N)(=O)=O. The number of nitro groups is 1. The Bertz CT molecular complexity index is 659. The van der Waals surface area contributed by atoms with Crippen LogP contribution in [0.25, 0.3) is 0 Å². The maximum Gasteiger partial charge on any atom is 0.270 e. The average molecular weight is 300 g/mol. The Morgan fingerprint density at radius 3 is 2.30 bits per heavy atom. The number of sulfonamides is 1. The summed E-state index contributed by atoms with van der Waals surface area (Å²) < 4.78 is 23.0. The Labute approximate surface area is 117 Å². The summed E-state index contributed by atoms with van der Waals surface area (Å²) in [6.07, 6.45) is 0.104. The van der Waals surface area contributed by atoms with Gasteiger partial charge in [0.25, 0.3) is 5.69 Å². The van der Waals surface area contributed by atoms with Crippen molar-refractivity contribution < 1.29 is 18.1 Å². The van der Waals surface area contributed by atoms with Crippen molar-refractivity contribution in [2.45, 2.75) is 32.1 Å². The molecule has 1 rings (SSSR count). The fourth-order valence-electron chi connectivity index (χ4n) is 1.67. The standard InChI is InChI=1S/C12H16N2O5S/c1-12(2,3)7-10(15)9-5-4-8(14(16)17)6-11(9)20(13,18)19/h4-6H,7H2,1-3H3,(H2,13,18,19). The van der Waals surface area contributed by atoms with Crippen LogP contribution in [-0.2, 0) is 10.0 Å². The summed E-state index contributed by atoms with van der Waals surface area (Å²) in [5.41, 5.74) is -0.886. The van der Waals surface area contributed by atoms with Crippen LogP contribution in [0.4, 0.5) is 5.69 Å². The van der Waals surface area contributed by atoms with Gasteiger partial charge in [0.05, 0.1) is 9.82 Å². The molecule has 0 heterocycles. The van der Waals surface area contributed by atoms with Crippen LogP contribution in [0.15, 0.2) is 23.1 Å². The molecule has 0 spiro atoms. The van der Waals surface area contributed by atoms with E-state index in [0.717, 1.165) is 18.2 Å². The molecule has 0 saturated carbocycles. The molecule has 1 aromatic carbocycles. The second-order valence-corrected chi connectivity index (χ2v) is 7.17. The average Bonchev–Trinajstić information content (AvgIpc) is 2.24. The monoisotopic (exact) mass is 300 g/mol. The lowest BCUT2D eigenvalue weighted by Crippen LogP contribution is -2.20. The highest BCUT2D eigenvalue weighted by Gasteiger charge is 2.25. The number of primary sulfonamides is 1. The third kappa shape index (κ3) is 4.10. The van der Waals surface area contributed by atoms with Crippen LogP contribution in [0.2, 0.25) is 0 Å². The third-order valence-corrected chi connectivity index (χ3v) is 3.42. The van der Waals surface area contributed by atoms with Gasteiger partial charge in [-0.25, -0.2) is 13.6 Å². The second kappa shape index (κ2) is 5.29. The van der Waals surface area contributed by atoms with E-state index in [1.54, 1.807) is 0 Å². The quantitative estimate of drug-likeness (QED) is 0.517. The van der Waals surface area contributed by atoms with E-state index in [1.807, 2.05) is 20.8 Å². The largest absolute Gasteiger partial charge is 0.294 e. The lowest BCUT2D eigenvalue weighted by atomic mass is 9.88. The zero-order chi connectivity index (χ0) is 15.7. The number of rotatable bonds is 4. The predicted molar refractivity (Wildman–Crippen MR) is 72.9 cm³/mol. The topological polar surface area (TPSA) is 120 Å². The van der Waals surface area contributed by atoms with E-state index >= 15 is 0 Å². The molecule has 0 amide bonds. The van der Waals surface area contributed by atoms with Crippen molar-refractivity contribution in [2.75, 3.05) is 0 Å². The Balaban J connectivity index is 3.41. The van der Waals surface area contributed by atoms with Gasteiger partial charge in [-0.3, -0.25) is 14.9 Å². The van der Waals surface area contributed by atoms with Crippen molar-refractivity contribution >= 4 is 21.5 Å². The van der Waals surface area contributed by atoms with Gasteiger partial charge in [-0.1, -0.05) is 20.8 Å². The molecule has 110 valence electrons. The molecule has 0 atom stereocenters. The van der Waals surface area contributed by atoms with Crippen LogP contribution < -0.4 is 5.14 Å². The van der Waals surface area contributed by atoms with Crippen molar-refractivity contribution in [1.82, 2.24) is 0 Å². The van der Waals surface area contributed by atoms with Gasteiger partial charge >= 0.3 is 0 Å². The van der Waals surface area contributed by atoms with E-state index in [9.17, 15) is 23.3 Å². The number of nitrogens with zero attached hydrogens (tertiary/aromatic N) is 1. The first-order valence-electron chi connectivity index (χ1n) is 5.76. The summed E-state index contributed by atoms with van der Waals surface area (Å²) in [5, 5.41) is 15.7.